The van der Waals surface area contributed by atoms with Crippen molar-refractivity contribution >= 4 is 5.78 Å². The average molecular weight is 252 g/mol. The maximum atomic E-state index is 11.9. The Hall–Kier alpha value is -0.670. The third kappa shape index (κ3) is 1.94. The van der Waals surface area contributed by atoms with Crippen LogP contribution in [0.25, 0.3) is 0 Å². The van der Waals surface area contributed by atoms with Gasteiger partial charge in [0, 0.05) is 17.8 Å². The van der Waals surface area contributed by atoms with Gasteiger partial charge in [-0.3, -0.25) is 4.79 Å². The standard InChI is InChI=1S/C15H24O3/c1-9-7-15(8-12(9)16)10(2)5-6-11(13(15)17)14(3,4)18/h7,10-11,13,17-18H,5-6,8H2,1-4H3/t10-,11-,13-,15-/m1/s1. The van der Waals surface area contributed by atoms with Crippen molar-refractivity contribution in [1.29, 1.82) is 0 Å². The van der Waals surface area contributed by atoms with Crippen molar-refractivity contribution < 1.29 is 15.0 Å². The molecule has 3 heteroatoms. The molecular formula is C15H24O3. The first-order valence-corrected chi connectivity index (χ1v) is 6.81. The second-order valence-electron chi connectivity index (χ2n) is 6.72. The highest BCUT2D eigenvalue weighted by molar-refractivity contribution is 5.98. The first-order valence-electron chi connectivity index (χ1n) is 6.81. The number of allylic oxidation sites excluding steroid dienone is 1. The number of ketones is 1. The summed E-state index contributed by atoms with van der Waals surface area (Å²) < 4.78 is 0. The van der Waals surface area contributed by atoms with Crippen molar-refractivity contribution in [2.75, 3.05) is 0 Å². The van der Waals surface area contributed by atoms with Crippen LogP contribution in [0, 0.1) is 17.3 Å². The Morgan fingerprint density at radius 1 is 1.39 bits per heavy atom. The van der Waals surface area contributed by atoms with E-state index in [-0.39, 0.29) is 17.6 Å². The number of hydrogen-bond donors (Lipinski definition) is 2. The van der Waals surface area contributed by atoms with Gasteiger partial charge in [-0.25, -0.2) is 0 Å². The predicted octanol–water partition coefficient (Wildman–Crippen LogP) is 2.07. The lowest BCUT2D eigenvalue weighted by atomic mass is 9.58. The van der Waals surface area contributed by atoms with E-state index in [4.69, 9.17) is 0 Å². The molecule has 0 bridgehead atoms. The van der Waals surface area contributed by atoms with E-state index in [9.17, 15) is 15.0 Å². The fourth-order valence-corrected chi connectivity index (χ4v) is 3.72. The summed E-state index contributed by atoms with van der Waals surface area (Å²) in [5.74, 6) is 0.258. The molecular weight excluding hydrogens is 228 g/mol. The maximum Gasteiger partial charge on any atom is 0.159 e. The monoisotopic (exact) mass is 252 g/mol. The molecule has 1 saturated carbocycles. The van der Waals surface area contributed by atoms with Gasteiger partial charge in [0.15, 0.2) is 5.78 Å². The van der Waals surface area contributed by atoms with E-state index >= 15 is 0 Å². The van der Waals surface area contributed by atoms with Crippen LogP contribution in [0.5, 0.6) is 0 Å². The molecule has 0 aliphatic heterocycles. The van der Waals surface area contributed by atoms with Gasteiger partial charge in [-0.05, 0) is 45.1 Å². The largest absolute Gasteiger partial charge is 0.392 e. The van der Waals surface area contributed by atoms with Crippen molar-refractivity contribution in [3.8, 4) is 0 Å². The van der Waals surface area contributed by atoms with E-state index in [2.05, 4.69) is 6.92 Å². The van der Waals surface area contributed by atoms with Crippen LogP contribution < -0.4 is 0 Å². The predicted molar refractivity (Wildman–Crippen MR) is 70.0 cm³/mol. The van der Waals surface area contributed by atoms with E-state index in [0.29, 0.717) is 6.42 Å². The van der Waals surface area contributed by atoms with Crippen LogP contribution in [0.4, 0.5) is 0 Å². The lowest BCUT2D eigenvalue weighted by Crippen LogP contribution is -2.53. The zero-order valence-corrected chi connectivity index (χ0v) is 11.7. The van der Waals surface area contributed by atoms with Gasteiger partial charge in [0.1, 0.15) is 0 Å². The van der Waals surface area contributed by atoms with Gasteiger partial charge in [-0.15, -0.1) is 0 Å². The SMILES string of the molecule is CC1=C[C@@]2(CC1=O)[C@H](C)CC[C@@H](C(C)(C)O)[C@H]2O. The molecule has 0 radical (unpaired) electrons. The van der Waals surface area contributed by atoms with E-state index < -0.39 is 17.1 Å². The lowest BCUT2D eigenvalue weighted by Gasteiger charge is -2.49. The highest BCUT2D eigenvalue weighted by atomic mass is 16.3. The lowest BCUT2D eigenvalue weighted by molar-refractivity contribution is -0.136. The minimum Gasteiger partial charge on any atom is -0.392 e. The summed E-state index contributed by atoms with van der Waals surface area (Å²) in [6.07, 6.45) is 3.48. The van der Waals surface area contributed by atoms with Gasteiger partial charge in [-0.2, -0.15) is 0 Å². The van der Waals surface area contributed by atoms with E-state index in [1.165, 1.54) is 0 Å². The summed E-state index contributed by atoms with van der Waals surface area (Å²) in [5, 5.41) is 20.9. The summed E-state index contributed by atoms with van der Waals surface area (Å²) in [4.78, 5) is 11.9. The highest BCUT2D eigenvalue weighted by Crippen LogP contribution is 2.53. The summed E-state index contributed by atoms with van der Waals surface area (Å²) >= 11 is 0. The molecule has 3 nitrogen and oxygen atoms in total. The Balaban J connectivity index is 2.37. The van der Waals surface area contributed by atoms with Gasteiger partial charge in [0.25, 0.3) is 0 Å². The van der Waals surface area contributed by atoms with Crippen molar-refractivity contribution in [3.05, 3.63) is 11.6 Å². The molecule has 0 aromatic rings. The second-order valence-corrected chi connectivity index (χ2v) is 6.72. The van der Waals surface area contributed by atoms with Crippen LogP contribution in [-0.2, 0) is 4.79 Å². The number of carbonyl (C=O) groups excluding carboxylic acids is 1. The first kappa shape index (κ1) is 13.8. The van der Waals surface area contributed by atoms with Crippen LogP contribution in [-0.4, -0.2) is 27.7 Å². The van der Waals surface area contributed by atoms with E-state index in [1.807, 2.05) is 13.0 Å². The summed E-state index contributed by atoms with van der Waals surface area (Å²) in [5.41, 5.74) is -0.596. The van der Waals surface area contributed by atoms with Gasteiger partial charge in [-0.1, -0.05) is 13.0 Å². The van der Waals surface area contributed by atoms with Gasteiger partial charge >= 0.3 is 0 Å². The third-order valence-electron chi connectivity index (χ3n) is 5.06. The molecule has 102 valence electrons. The second kappa shape index (κ2) is 4.17. The Bertz CT molecular complexity index is 391. The molecule has 1 fully saturated rings. The Kier molecular flexibility index (Phi) is 3.19. The van der Waals surface area contributed by atoms with Crippen LogP contribution >= 0.6 is 0 Å². The van der Waals surface area contributed by atoms with Crippen molar-refractivity contribution in [1.82, 2.24) is 0 Å². The average Bonchev–Trinajstić information content (AvgIpc) is 2.52. The number of aliphatic hydroxyl groups excluding tert-OH is 1. The number of aliphatic hydroxyl groups is 2. The molecule has 18 heavy (non-hydrogen) atoms. The van der Waals surface area contributed by atoms with Crippen LogP contribution in [0.2, 0.25) is 0 Å². The molecule has 0 saturated heterocycles. The minimum absolute atomic E-state index is 0.136. The third-order valence-corrected chi connectivity index (χ3v) is 5.06. The van der Waals surface area contributed by atoms with Crippen molar-refractivity contribution in [3.63, 3.8) is 0 Å². The van der Waals surface area contributed by atoms with Crippen LogP contribution in [0.1, 0.15) is 47.0 Å². The molecule has 0 aromatic heterocycles. The molecule has 4 atom stereocenters. The highest BCUT2D eigenvalue weighted by Gasteiger charge is 2.54. The maximum absolute atomic E-state index is 11.9. The molecule has 0 heterocycles. The topological polar surface area (TPSA) is 57.5 Å². The molecule has 2 aliphatic carbocycles. The zero-order chi connectivity index (χ0) is 13.7. The normalized spacial score (nSPS) is 41.3. The minimum atomic E-state index is -0.903. The Labute approximate surface area is 109 Å². The molecule has 2 N–H and O–H groups in total. The fourth-order valence-electron chi connectivity index (χ4n) is 3.72. The summed E-state index contributed by atoms with van der Waals surface area (Å²) in [6, 6.07) is 0. The summed E-state index contributed by atoms with van der Waals surface area (Å²) in [7, 11) is 0. The Morgan fingerprint density at radius 3 is 2.44 bits per heavy atom. The van der Waals surface area contributed by atoms with Crippen molar-refractivity contribution in [2.45, 2.75) is 58.7 Å². The van der Waals surface area contributed by atoms with E-state index in [0.717, 1.165) is 18.4 Å². The van der Waals surface area contributed by atoms with Gasteiger partial charge in [0.05, 0.1) is 11.7 Å². The molecule has 2 aliphatic rings. The number of rotatable bonds is 1. The molecule has 2 rings (SSSR count). The summed E-state index contributed by atoms with van der Waals surface area (Å²) in [6.45, 7) is 7.42. The zero-order valence-electron chi connectivity index (χ0n) is 11.7. The van der Waals surface area contributed by atoms with Crippen LogP contribution in [0.3, 0.4) is 0 Å². The number of carbonyl (C=O) groups is 1. The molecule has 0 amide bonds. The smallest absolute Gasteiger partial charge is 0.159 e. The molecule has 0 unspecified atom stereocenters. The molecule has 1 spiro atoms. The van der Waals surface area contributed by atoms with E-state index in [1.54, 1.807) is 13.8 Å². The fraction of sp³-hybridized carbons (Fsp3) is 0.800. The van der Waals surface area contributed by atoms with Gasteiger partial charge in [0.2, 0.25) is 0 Å². The molecule has 0 aromatic carbocycles. The van der Waals surface area contributed by atoms with Crippen molar-refractivity contribution in [2.24, 2.45) is 17.3 Å². The van der Waals surface area contributed by atoms with Gasteiger partial charge < -0.3 is 10.2 Å². The number of Topliss-reactive ketones (excluding diaryl/α,β-unsaturated/α-hetero) is 1. The number of hydrogen-bond acceptors (Lipinski definition) is 3. The Morgan fingerprint density at radius 2 is 2.00 bits per heavy atom. The first-order chi connectivity index (χ1) is 8.18. The van der Waals surface area contributed by atoms with Crippen LogP contribution in [0.15, 0.2) is 11.6 Å². The quantitative estimate of drug-likeness (QED) is 0.751.